The molecule has 6 nitrogen and oxygen atoms in total. The molecule has 148 valence electrons. The number of hydrogen-bond donors (Lipinski definition) is 1. The van der Waals surface area contributed by atoms with Gasteiger partial charge in [0.25, 0.3) is 11.8 Å². The predicted octanol–water partition coefficient (Wildman–Crippen LogP) is 3.96. The van der Waals surface area contributed by atoms with Gasteiger partial charge in [-0.2, -0.15) is 11.8 Å². The maximum atomic E-state index is 13.1. The molecule has 3 amide bonds. The van der Waals surface area contributed by atoms with Gasteiger partial charge in [-0.25, -0.2) is 4.98 Å². The molecule has 1 aliphatic heterocycles. The lowest BCUT2D eigenvalue weighted by atomic mass is 10.1. The van der Waals surface area contributed by atoms with Gasteiger partial charge in [-0.1, -0.05) is 29.5 Å². The highest BCUT2D eigenvalue weighted by Gasteiger charge is 2.42. The van der Waals surface area contributed by atoms with Gasteiger partial charge in [-0.05, 0) is 55.2 Å². The third-order valence-corrected chi connectivity index (χ3v) is 6.39. The van der Waals surface area contributed by atoms with Gasteiger partial charge in [0.05, 0.1) is 21.3 Å². The maximum absolute atomic E-state index is 13.1. The number of aryl methyl sites for hydroxylation is 1. The minimum Gasteiger partial charge on any atom is -0.300 e. The number of nitrogens with zero attached hydrogens (tertiary/aromatic N) is 2. The van der Waals surface area contributed by atoms with Crippen LogP contribution in [-0.4, -0.2) is 45.7 Å². The topological polar surface area (TPSA) is 79.4 Å². The van der Waals surface area contributed by atoms with Gasteiger partial charge in [0.15, 0.2) is 5.13 Å². The van der Waals surface area contributed by atoms with Crippen molar-refractivity contribution < 1.29 is 14.4 Å². The van der Waals surface area contributed by atoms with E-state index in [9.17, 15) is 14.4 Å². The quantitative estimate of drug-likeness (QED) is 0.605. The number of thiazole rings is 1. The van der Waals surface area contributed by atoms with E-state index in [0.717, 1.165) is 20.7 Å². The summed E-state index contributed by atoms with van der Waals surface area (Å²) in [6, 6.07) is 11.7. The van der Waals surface area contributed by atoms with Gasteiger partial charge >= 0.3 is 0 Å². The first-order valence-corrected chi connectivity index (χ1v) is 11.3. The predicted molar refractivity (Wildman–Crippen MR) is 117 cm³/mol. The Morgan fingerprint density at radius 3 is 2.52 bits per heavy atom. The van der Waals surface area contributed by atoms with E-state index in [2.05, 4.69) is 10.3 Å². The average molecular weight is 426 g/mol. The molecule has 1 atom stereocenters. The van der Waals surface area contributed by atoms with Crippen LogP contribution < -0.4 is 5.32 Å². The number of fused-ring (bicyclic) bond motifs is 2. The molecule has 8 heteroatoms. The molecule has 0 saturated carbocycles. The lowest BCUT2D eigenvalue weighted by molar-refractivity contribution is -0.120. The van der Waals surface area contributed by atoms with Crippen molar-refractivity contribution >= 4 is 56.2 Å². The van der Waals surface area contributed by atoms with Crippen molar-refractivity contribution in [2.45, 2.75) is 19.4 Å². The molecular formula is C21H19N3O3S2. The molecule has 0 bridgehead atoms. The molecule has 2 aromatic carbocycles. The van der Waals surface area contributed by atoms with Crippen LogP contribution in [0.15, 0.2) is 42.5 Å². The van der Waals surface area contributed by atoms with Crippen LogP contribution in [-0.2, 0) is 4.79 Å². The van der Waals surface area contributed by atoms with E-state index in [-0.39, 0.29) is 0 Å². The Bertz CT molecular complexity index is 1090. The number of benzene rings is 2. The Hall–Kier alpha value is -2.71. The van der Waals surface area contributed by atoms with Crippen LogP contribution in [0, 0.1) is 6.92 Å². The summed E-state index contributed by atoms with van der Waals surface area (Å²) >= 11 is 2.94. The fourth-order valence-corrected chi connectivity index (χ4v) is 4.80. The number of aromatic nitrogens is 1. The molecule has 0 fully saturated rings. The second-order valence-electron chi connectivity index (χ2n) is 6.80. The highest BCUT2D eigenvalue weighted by Crippen LogP contribution is 2.29. The van der Waals surface area contributed by atoms with Crippen LogP contribution in [0.4, 0.5) is 5.13 Å². The summed E-state index contributed by atoms with van der Waals surface area (Å²) in [6.07, 6.45) is 2.30. The number of carbonyl (C=O) groups excluding carboxylic acids is 3. The molecule has 0 radical (unpaired) electrons. The van der Waals surface area contributed by atoms with Crippen LogP contribution in [0.5, 0.6) is 0 Å². The smallest absolute Gasteiger partial charge is 0.262 e. The minimum absolute atomic E-state index is 0.343. The van der Waals surface area contributed by atoms with E-state index < -0.39 is 23.8 Å². The molecule has 0 saturated heterocycles. The molecular weight excluding hydrogens is 406 g/mol. The lowest BCUT2D eigenvalue weighted by Crippen LogP contribution is -2.47. The fourth-order valence-electron chi connectivity index (χ4n) is 3.37. The zero-order valence-corrected chi connectivity index (χ0v) is 17.6. The molecule has 3 aromatic rings. The zero-order chi connectivity index (χ0) is 20.5. The Kier molecular flexibility index (Phi) is 5.38. The number of imide groups is 1. The number of nitrogens with one attached hydrogen (secondary N) is 1. The van der Waals surface area contributed by atoms with Crippen molar-refractivity contribution in [1.82, 2.24) is 9.88 Å². The van der Waals surface area contributed by atoms with E-state index in [1.807, 2.05) is 31.4 Å². The van der Waals surface area contributed by atoms with Crippen molar-refractivity contribution in [3.8, 4) is 0 Å². The van der Waals surface area contributed by atoms with Crippen LogP contribution in [0.1, 0.15) is 32.7 Å². The molecule has 0 aliphatic carbocycles. The van der Waals surface area contributed by atoms with Gasteiger partial charge < -0.3 is 5.32 Å². The Morgan fingerprint density at radius 2 is 1.86 bits per heavy atom. The number of amides is 3. The fraction of sp³-hybridized carbons (Fsp3) is 0.238. The molecule has 29 heavy (non-hydrogen) atoms. The number of carbonyl (C=O) groups is 3. The van der Waals surface area contributed by atoms with Gasteiger partial charge in [0, 0.05) is 0 Å². The van der Waals surface area contributed by atoms with Crippen molar-refractivity contribution in [3.63, 3.8) is 0 Å². The number of hydrogen-bond acceptors (Lipinski definition) is 6. The van der Waals surface area contributed by atoms with E-state index in [4.69, 9.17) is 0 Å². The summed E-state index contributed by atoms with van der Waals surface area (Å²) in [7, 11) is 0. The largest absolute Gasteiger partial charge is 0.300 e. The first-order valence-electron chi connectivity index (χ1n) is 9.13. The normalized spacial score (nSPS) is 14.3. The minimum atomic E-state index is -0.886. The summed E-state index contributed by atoms with van der Waals surface area (Å²) < 4.78 is 0.974. The van der Waals surface area contributed by atoms with Crippen LogP contribution in [0.25, 0.3) is 10.2 Å². The molecule has 1 aliphatic rings. The number of anilines is 1. The van der Waals surface area contributed by atoms with Gasteiger partial charge in [0.1, 0.15) is 6.04 Å². The van der Waals surface area contributed by atoms with Crippen LogP contribution in [0.2, 0.25) is 0 Å². The van der Waals surface area contributed by atoms with Crippen LogP contribution >= 0.6 is 23.1 Å². The van der Waals surface area contributed by atoms with Gasteiger partial charge in [-0.15, -0.1) is 0 Å². The Labute approximate surface area is 176 Å². The van der Waals surface area contributed by atoms with E-state index in [1.165, 1.54) is 11.3 Å². The Morgan fingerprint density at radius 1 is 1.17 bits per heavy atom. The zero-order valence-electron chi connectivity index (χ0n) is 16.0. The van der Waals surface area contributed by atoms with E-state index >= 15 is 0 Å². The molecule has 1 aromatic heterocycles. The summed E-state index contributed by atoms with van der Waals surface area (Å²) in [5.41, 5.74) is 2.60. The lowest BCUT2D eigenvalue weighted by Gasteiger charge is -2.24. The third kappa shape index (κ3) is 3.65. The first-order chi connectivity index (χ1) is 14.0. The molecule has 2 heterocycles. The first kappa shape index (κ1) is 19.6. The molecule has 1 unspecified atom stereocenters. The average Bonchev–Trinajstić information content (AvgIpc) is 3.21. The van der Waals surface area contributed by atoms with Gasteiger partial charge in [0.2, 0.25) is 5.91 Å². The van der Waals surface area contributed by atoms with Crippen molar-refractivity contribution in [2.75, 3.05) is 17.3 Å². The maximum Gasteiger partial charge on any atom is 0.262 e. The highest BCUT2D eigenvalue weighted by atomic mass is 32.2. The second-order valence-corrected chi connectivity index (χ2v) is 8.82. The van der Waals surface area contributed by atoms with Gasteiger partial charge in [-0.3, -0.25) is 19.3 Å². The number of rotatable bonds is 6. The van der Waals surface area contributed by atoms with E-state index in [1.54, 1.807) is 36.0 Å². The van der Waals surface area contributed by atoms with Crippen molar-refractivity contribution in [2.24, 2.45) is 0 Å². The van der Waals surface area contributed by atoms with Crippen LogP contribution in [0.3, 0.4) is 0 Å². The summed E-state index contributed by atoms with van der Waals surface area (Å²) in [4.78, 5) is 44.3. The Balaban J connectivity index is 1.61. The summed E-state index contributed by atoms with van der Waals surface area (Å²) in [6.45, 7) is 2.00. The molecule has 4 rings (SSSR count). The highest BCUT2D eigenvalue weighted by molar-refractivity contribution is 7.98. The number of thioether (sulfide) groups is 1. The standard InChI is InChI=1S/C21H19N3O3S2/c1-12-7-8-15-17(11-12)29-21(22-15)23-18(25)16(9-10-28-2)24-19(26)13-5-3-4-6-14(13)20(24)27/h3-8,11,16H,9-10H2,1-2H3,(H,22,23,25). The third-order valence-electron chi connectivity index (χ3n) is 4.81. The van der Waals surface area contributed by atoms with Crippen molar-refractivity contribution in [1.29, 1.82) is 0 Å². The van der Waals surface area contributed by atoms with Crippen molar-refractivity contribution in [3.05, 3.63) is 59.2 Å². The summed E-state index contributed by atoms with van der Waals surface area (Å²) in [5, 5.41) is 3.28. The monoisotopic (exact) mass is 425 g/mol. The summed E-state index contributed by atoms with van der Waals surface area (Å²) in [5.74, 6) is -0.604. The van der Waals surface area contributed by atoms with E-state index in [0.29, 0.717) is 28.4 Å². The SMILES string of the molecule is CSCCC(C(=O)Nc1nc2ccc(C)cc2s1)N1C(=O)c2ccccc2C1=O. The molecule has 0 spiro atoms. The second kappa shape index (κ2) is 7.96. The molecule has 1 N–H and O–H groups in total.